The van der Waals surface area contributed by atoms with E-state index in [0.717, 1.165) is 12.1 Å². The number of ether oxygens (including phenoxy) is 1. The van der Waals surface area contributed by atoms with Crippen molar-refractivity contribution in [3.63, 3.8) is 0 Å². The quantitative estimate of drug-likeness (QED) is 0.598. The normalized spacial score (nSPS) is 23.5. The lowest BCUT2D eigenvalue weighted by molar-refractivity contribution is -0.150. The van der Waals surface area contributed by atoms with Gasteiger partial charge in [-0.15, -0.1) is 0 Å². The van der Waals surface area contributed by atoms with Crippen molar-refractivity contribution in [3.8, 4) is 0 Å². The number of carbonyl (C=O) groups is 1. The van der Waals surface area contributed by atoms with E-state index < -0.39 is 5.60 Å². The molecule has 0 aromatic rings. The molecule has 0 spiro atoms. The Morgan fingerprint density at radius 2 is 2.14 bits per heavy atom. The third-order valence-electron chi connectivity index (χ3n) is 2.35. The van der Waals surface area contributed by atoms with Gasteiger partial charge in [-0.05, 0) is 34.7 Å². The van der Waals surface area contributed by atoms with Crippen molar-refractivity contribution in [2.75, 3.05) is 13.6 Å². The average Bonchev–Trinajstić information content (AvgIpc) is 2.29. The summed E-state index contributed by atoms with van der Waals surface area (Å²) in [6.07, 6.45) is 1.94. The largest absolute Gasteiger partial charge is 0.457 e. The van der Waals surface area contributed by atoms with Gasteiger partial charge in [-0.3, -0.25) is 4.90 Å². The molecule has 0 aliphatic carbocycles. The van der Waals surface area contributed by atoms with Gasteiger partial charge in [0.15, 0.2) is 0 Å². The van der Waals surface area contributed by atoms with Crippen LogP contribution in [0.25, 0.3) is 0 Å². The fourth-order valence-corrected chi connectivity index (χ4v) is 1.40. The Kier molecular flexibility index (Phi) is 3.00. The molecule has 1 heterocycles. The second-order valence-corrected chi connectivity index (χ2v) is 4.78. The lowest BCUT2D eigenvalue weighted by atomic mass is 10.1. The fourth-order valence-electron chi connectivity index (χ4n) is 1.40. The Balaban J connectivity index is 2.63. The van der Waals surface area contributed by atoms with Crippen LogP contribution >= 0.6 is 0 Å². The van der Waals surface area contributed by atoms with Gasteiger partial charge in [0.25, 0.3) is 0 Å². The zero-order chi connectivity index (χ0) is 10.9. The molecule has 80 valence electrons. The maximum absolute atomic E-state index is 11.7. The number of hydrogen-bond donors (Lipinski definition) is 0. The summed E-state index contributed by atoms with van der Waals surface area (Å²) in [5.74, 6) is -0.186. The van der Waals surface area contributed by atoms with Gasteiger partial charge in [0, 0.05) is 12.6 Å². The third kappa shape index (κ3) is 2.58. The van der Waals surface area contributed by atoms with Gasteiger partial charge in [0.2, 0.25) is 0 Å². The standard InChI is InChI=1S/C11H19NO2/c1-8-9(6-7-12(8)5)10(13)14-11(2,3)4/h6,8H,7H2,1-5H3/t8-/m0/s1. The van der Waals surface area contributed by atoms with E-state index in [1.807, 2.05) is 40.8 Å². The summed E-state index contributed by atoms with van der Waals surface area (Å²) in [4.78, 5) is 13.8. The van der Waals surface area contributed by atoms with Gasteiger partial charge < -0.3 is 4.74 Å². The first-order chi connectivity index (χ1) is 6.31. The van der Waals surface area contributed by atoms with Crippen LogP contribution in [-0.4, -0.2) is 36.1 Å². The number of rotatable bonds is 1. The topological polar surface area (TPSA) is 29.5 Å². The van der Waals surface area contributed by atoms with Crippen molar-refractivity contribution in [1.29, 1.82) is 0 Å². The lowest BCUT2D eigenvalue weighted by Gasteiger charge is -2.22. The van der Waals surface area contributed by atoms with Crippen LogP contribution in [0.4, 0.5) is 0 Å². The van der Waals surface area contributed by atoms with Gasteiger partial charge in [-0.1, -0.05) is 6.08 Å². The number of esters is 1. The van der Waals surface area contributed by atoms with Gasteiger partial charge >= 0.3 is 5.97 Å². The Labute approximate surface area is 85.7 Å². The number of hydrogen-bond acceptors (Lipinski definition) is 3. The molecule has 0 amide bonds. The van der Waals surface area contributed by atoms with E-state index in [2.05, 4.69) is 4.90 Å². The smallest absolute Gasteiger partial charge is 0.335 e. The predicted molar refractivity (Wildman–Crippen MR) is 56.0 cm³/mol. The zero-order valence-corrected chi connectivity index (χ0v) is 9.63. The van der Waals surface area contributed by atoms with Crippen LogP contribution in [0.3, 0.4) is 0 Å². The summed E-state index contributed by atoms with van der Waals surface area (Å²) >= 11 is 0. The summed E-state index contributed by atoms with van der Waals surface area (Å²) in [5, 5.41) is 0. The van der Waals surface area contributed by atoms with E-state index in [4.69, 9.17) is 4.74 Å². The summed E-state index contributed by atoms with van der Waals surface area (Å²) < 4.78 is 5.31. The molecular formula is C11H19NO2. The Hall–Kier alpha value is -0.830. The van der Waals surface area contributed by atoms with Crippen LogP contribution in [0, 0.1) is 0 Å². The molecular weight excluding hydrogens is 178 g/mol. The number of likely N-dealkylation sites (N-methyl/N-ethyl adjacent to an activating group) is 1. The molecule has 0 aromatic heterocycles. The summed E-state index contributed by atoms with van der Waals surface area (Å²) in [6, 6.07) is 0.171. The van der Waals surface area contributed by atoms with Gasteiger partial charge in [-0.2, -0.15) is 0 Å². The van der Waals surface area contributed by atoms with E-state index in [1.165, 1.54) is 0 Å². The minimum absolute atomic E-state index is 0.171. The number of nitrogens with zero attached hydrogens (tertiary/aromatic N) is 1. The fraction of sp³-hybridized carbons (Fsp3) is 0.727. The van der Waals surface area contributed by atoms with Gasteiger partial charge in [0.1, 0.15) is 5.60 Å². The van der Waals surface area contributed by atoms with E-state index in [1.54, 1.807) is 0 Å². The molecule has 0 unspecified atom stereocenters. The minimum atomic E-state index is -0.404. The van der Waals surface area contributed by atoms with E-state index in [-0.39, 0.29) is 12.0 Å². The monoisotopic (exact) mass is 197 g/mol. The van der Waals surface area contributed by atoms with Crippen molar-refractivity contribution in [2.24, 2.45) is 0 Å². The van der Waals surface area contributed by atoms with Crippen molar-refractivity contribution in [3.05, 3.63) is 11.6 Å². The van der Waals surface area contributed by atoms with Crippen molar-refractivity contribution < 1.29 is 9.53 Å². The van der Waals surface area contributed by atoms with Crippen LogP contribution < -0.4 is 0 Å². The zero-order valence-electron chi connectivity index (χ0n) is 9.63. The van der Waals surface area contributed by atoms with Crippen LogP contribution in [0.2, 0.25) is 0 Å². The van der Waals surface area contributed by atoms with E-state index in [0.29, 0.717) is 0 Å². The van der Waals surface area contributed by atoms with Gasteiger partial charge in [0.05, 0.1) is 5.57 Å². The highest BCUT2D eigenvalue weighted by Gasteiger charge is 2.28. The molecule has 1 atom stereocenters. The van der Waals surface area contributed by atoms with Crippen LogP contribution in [0.5, 0.6) is 0 Å². The number of carbonyl (C=O) groups excluding carboxylic acids is 1. The molecule has 1 rings (SSSR count). The average molecular weight is 197 g/mol. The molecule has 0 bridgehead atoms. The highest BCUT2D eigenvalue weighted by molar-refractivity contribution is 5.90. The van der Waals surface area contributed by atoms with Crippen LogP contribution in [0.1, 0.15) is 27.7 Å². The lowest BCUT2D eigenvalue weighted by Crippen LogP contribution is -2.31. The summed E-state index contributed by atoms with van der Waals surface area (Å²) in [5.41, 5.74) is 0.376. The van der Waals surface area contributed by atoms with Crippen LogP contribution in [-0.2, 0) is 9.53 Å². The molecule has 0 saturated carbocycles. The summed E-state index contributed by atoms with van der Waals surface area (Å²) in [7, 11) is 2.00. The molecule has 14 heavy (non-hydrogen) atoms. The molecule has 0 radical (unpaired) electrons. The van der Waals surface area contributed by atoms with Crippen molar-refractivity contribution in [1.82, 2.24) is 4.90 Å². The second-order valence-electron chi connectivity index (χ2n) is 4.78. The first-order valence-electron chi connectivity index (χ1n) is 4.95. The highest BCUT2D eigenvalue weighted by Crippen LogP contribution is 2.20. The second kappa shape index (κ2) is 3.73. The SMILES string of the molecule is C[C@H]1C(C(=O)OC(C)(C)C)=CCN1C. The first kappa shape index (κ1) is 11.2. The third-order valence-corrected chi connectivity index (χ3v) is 2.35. The highest BCUT2D eigenvalue weighted by atomic mass is 16.6. The Morgan fingerprint density at radius 3 is 2.50 bits per heavy atom. The van der Waals surface area contributed by atoms with E-state index in [9.17, 15) is 4.79 Å². The molecule has 1 aliphatic rings. The maximum atomic E-state index is 11.7. The van der Waals surface area contributed by atoms with Gasteiger partial charge in [-0.25, -0.2) is 4.79 Å². The molecule has 0 fully saturated rings. The first-order valence-corrected chi connectivity index (χ1v) is 4.95. The summed E-state index contributed by atoms with van der Waals surface area (Å²) in [6.45, 7) is 8.50. The molecule has 3 heteroatoms. The predicted octanol–water partition coefficient (Wildman–Crippen LogP) is 1.59. The molecule has 1 aliphatic heterocycles. The Bertz CT molecular complexity index is 263. The molecule has 0 aromatic carbocycles. The molecule has 3 nitrogen and oxygen atoms in total. The van der Waals surface area contributed by atoms with Crippen molar-refractivity contribution >= 4 is 5.97 Å². The minimum Gasteiger partial charge on any atom is -0.457 e. The molecule has 0 N–H and O–H groups in total. The van der Waals surface area contributed by atoms with Crippen molar-refractivity contribution in [2.45, 2.75) is 39.3 Å². The van der Waals surface area contributed by atoms with E-state index >= 15 is 0 Å². The Morgan fingerprint density at radius 1 is 1.57 bits per heavy atom. The molecule has 0 saturated heterocycles. The van der Waals surface area contributed by atoms with Crippen LogP contribution in [0.15, 0.2) is 11.6 Å². The maximum Gasteiger partial charge on any atom is 0.335 e.